The van der Waals surface area contributed by atoms with Gasteiger partial charge in [0.15, 0.2) is 0 Å². The Morgan fingerprint density at radius 1 is 0.700 bits per heavy atom. The van der Waals surface area contributed by atoms with E-state index in [0.717, 1.165) is 0 Å². The summed E-state index contributed by atoms with van der Waals surface area (Å²) in [6.45, 7) is 0. The second-order valence-corrected chi connectivity index (χ2v) is 3.84. The maximum Gasteiger partial charge on any atom is 0.279 e. The monoisotopic (exact) mass is 266 g/mol. The summed E-state index contributed by atoms with van der Waals surface area (Å²) >= 11 is 0. The summed E-state index contributed by atoms with van der Waals surface area (Å²) in [6.07, 6.45) is 0. The molecule has 0 atom stereocenters. The highest BCUT2D eigenvalue weighted by molar-refractivity contribution is 6.09. The second-order valence-electron chi connectivity index (χ2n) is 3.84. The van der Waals surface area contributed by atoms with Crippen LogP contribution >= 0.6 is 0 Å². The molecule has 2 aromatic rings. The highest BCUT2D eigenvalue weighted by Crippen LogP contribution is 2.01. The first kappa shape index (κ1) is 13.5. The van der Waals surface area contributed by atoms with Gasteiger partial charge in [-0.1, -0.05) is 11.8 Å². The number of benzene rings is 2. The number of hydrogen-bond donors (Lipinski definition) is 0. The molecule has 0 saturated carbocycles. The molecule has 0 aromatic heterocycles. The molecule has 20 heavy (non-hydrogen) atoms. The summed E-state index contributed by atoms with van der Waals surface area (Å²) in [4.78, 5) is 11.4. The van der Waals surface area contributed by atoms with Crippen molar-refractivity contribution in [3.63, 3.8) is 0 Å². The lowest BCUT2D eigenvalue weighted by Gasteiger charge is -1.88. The minimum Gasteiger partial charge on any atom is -0.270 e. The molecule has 0 spiro atoms. The van der Waals surface area contributed by atoms with Gasteiger partial charge in [0, 0.05) is 11.1 Å². The van der Waals surface area contributed by atoms with Crippen LogP contribution in [0.4, 0.5) is 8.78 Å². The largest absolute Gasteiger partial charge is 0.279 e. The Morgan fingerprint density at radius 2 is 1.05 bits per heavy atom. The third-order valence-corrected chi connectivity index (χ3v) is 2.33. The van der Waals surface area contributed by atoms with Gasteiger partial charge in [0.2, 0.25) is 0 Å². The number of carbonyl (C=O) groups is 1. The summed E-state index contributed by atoms with van der Waals surface area (Å²) in [5, 5.41) is 0. The van der Waals surface area contributed by atoms with Crippen LogP contribution in [-0.4, -0.2) is 5.78 Å². The molecule has 3 heteroatoms. The number of halogens is 2. The van der Waals surface area contributed by atoms with Gasteiger partial charge in [-0.05, 0) is 60.4 Å². The molecule has 0 heterocycles. The lowest BCUT2D eigenvalue weighted by Crippen LogP contribution is -1.88. The molecule has 1 nitrogen and oxygen atoms in total. The molecular weight excluding hydrogens is 258 g/mol. The van der Waals surface area contributed by atoms with Gasteiger partial charge in [0.05, 0.1) is 0 Å². The average molecular weight is 266 g/mol. The topological polar surface area (TPSA) is 17.1 Å². The summed E-state index contributed by atoms with van der Waals surface area (Å²) in [5.41, 5.74) is 1.06. The normalized spacial score (nSPS) is 8.90. The van der Waals surface area contributed by atoms with Crippen molar-refractivity contribution >= 4 is 5.78 Å². The number of rotatable bonds is 0. The number of ketones is 1. The summed E-state index contributed by atoms with van der Waals surface area (Å²) < 4.78 is 25.3. The van der Waals surface area contributed by atoms with Gasteiger partial charge in [-0.25, -0.2) is 8.78 Å². The molecule has 0 fully saturated rings. The van der Waals surface area contributed by atoms with Crippen molar-refractivity contribution in [1.82, 2.24) is 0 Å². The van der Waals surface area contributed by atoms with Gasteiger partial charge in [0.25, 0.3) is 5.78 Å². The highest BCUT2D eigenvalue weighted by atomic mass is 19.1. The van der Waals surface area contributed by atoms with Crippen LogP contribution in [0.25, 0.3) is 0 Å². The average Bonchev–Trinajstić information content (AvgIpc) is 2.46. The van der Waals surface area contributed by atoms with Crippen molar-refractivity contribution in [3.05, 3.63) is 71.3 Å². The molecule has 0 unspecified atom stereocenters. The Hall–Kier alpha value is -2.91. The zero-order chi connectivity index (χ0) is 14.4. The van der Waals surface area contributed by atoms with E-state index in [1.54, 1.807) is 0 Å². The Kier molecular flexibility index (Phi) is 4.27. The van der Waals surface area contributed by atoms with Crippen LogP contribution < -0.4 is 0 Å². The molecule has 0 aliphatic heterocycles. The van der Waals surface area contributed by atoms with E-state index in [1.165, 1.54) is 48.5 Å². The van der Waals surface area contributed by atoms with Crippen molar-refractivity contribution in [2.75, 3.05) is 0 Å². The first-order chi connectivity index (χ1) is 9.63. The lowest BCUT2D eigenvalue weighted by atomic mass is 10.2. The van der Waals surface area contributed by atoms with E-state index < -0.39 is 5.78 Å². The van der Waals surface area contributed by atoms with Crippen LogP contribution in [0.1, 0.15) is 11.1 Å². The van der Waals surface area contributed by atoms with Crippen molar-refractivity contribution in [2.45, 2.75) is 0 Å². The summed E-state index contributed by atoms with van der Waals surface area (Å²) in [7, 11) is 0. The third-order valence-electron chi connectivity index (χ3n) is 2.33. The van der Waals surface area contributed by atoms with E-state index in [0.29, 0.717) is 11.1 Å². The third kappa shape index (κ3) is 4.08. The molecule has 2 rings (SSSR count). The maximum absolute atomic E-state index is 12.7. The Balaban J connectivity index is 2.07. The quantitative estimate of drug-likeness (QED) is 0.670. The van der Waals surface area contributed by atoms with Gasteiger partial charge in [0.1, 0.15) is 11.6 Å². The molecular formula is C17H8F2O. The molecule has 96 valence electrons. The van der Waals surface area contributed by atoms with Crippen molar-refractivity contribution in [3.8, 4) is 23.7 Å². The van der Waals surface area contributed by atoms with E-state index in [-0.39, 0.29) is 11.6 Å². The van der Waals surface area contributed by atoms with Crippen LogP contribution in [0.2, 0.25) is 0 Å². The molecule has 0 bridgehead atoms. The minimum atomic E-state index is -0.557. The van der Waals surface area contributed by atoms with Gasteiger partial charge in [-0.3, -0.25) is 4.79 Å². The molecule has 0 radical (unpaired) electrons. The molecule has 0 saturated heterocycles. The van der Waals surface area contributed by atoms with Gasteiger partial charge in [-0.15, -0.1) is 0 Å². The molecule has 0 aliphatic rings. The standard InChI is InChI=1S/C17H8F2O/c18-15-7-1-13(2-8-15)5-11-17(20)12-6-14-3-9-16(19)10-4-14/h1-4,7-10H. The van der Waals surface area contributed by atoms with Gasteiger partial charge >= 0.3 is 0 Å². The lowest BCUT2D eigenvalue weighted by molar-refractivity contribution is -0.108. The molecule has 0 N–H and O–H groups in total. The fourth-order valence-corrected chi connectivity index (χ4v) is 1.36. The number of Topliss-reactive ketones (excluding diaryl/α,β-unsaturated/α-hetero) is 1. The number of hydrogen-bond acceptors (Lipinski definition) is 1. The Morgan fingerprint density at radius 3 is 1.40 bits per heavy atom. The summed E-state index contributed by atoms with van der Waals surface area (Å²) in [6, 6.07) is 11.0. The SMILES string of the molecule is O=C(C#Cc1ccc(F)cc1)C#Cc1ccc(F)cc1. The second kappa shape index (κ2) is 6.31. The zero-order valence-corrected chi connectivity index (χ0v) is 10.3. The summed E-state index contributed by atoms with van der Waals surface area (Å²) in [5.74, 6) is 8.58. The fraction of sp³-hybridized carbons (Fsp3) is 0. The van der Waals surface area contributed by atoms with Crippen LogP contribution in [-0.2, 0) is 4.79 Å². The fourth-order valence-electron chi connectivity index (χ4n) is 1.36. The smallest absolute Gasteiger partial charge is 0.270 e. The van der Waals surface area contributed by atoms with E-state index in [9.17, 15) is 13.6 Å². The van der Waals surface area contributed by atoms with Crippen LogP contribution in [0.5, 0.6) is 0 Å². The molecule has 0 aliphatic carbocycles. The Bertz CT molecular complexity index is 671. The van der Waals surface area contributed by atoms with E-state index >= 15 is 0 Å². The first-order valence-corrected chi connectivity index (χ1v) is 5.72. The predicted octanol–water partition coefficient (Wildman–Crippen LogP) is 2.94. The highest BCUT2D eigenvalue weighted by Gasteiger charge is 1.92. The van der Waals surface area contributed by atoms with Gasteiger partial charge in [-0.2, -0.15) is 0 Å². The first-order valence-electron chi connectivity index (χ1n) is 5.72. The molecule has 2 aromatic carbocycles. The van der Waals surface area contributed by atoms with Crippen molar-refractivity contribution in [1.29, 1.82) is 0 Å². The number of carbonyl (C=O) groups excluding carboxylic acids is 1. The molecule has 0 amide bonds. The van der Waals surface area contributed by atoms with E-state index in [2.05, 4.69) is 23.7 Å². The van der Waals surface area contributed by atoms with Crippen LogP contribution in [0.3, 0.4) is 0 Å². The van der Waals surface area contributed by atoms with Crippen molar-refractivity contribution < 1.29 is 13.6 Å². The Labute approximate surface area is 115 Å². The van der Waals surface area contributed by atoms with E-state index in [1.807, 2.05) is 0 Å². The zero-order valence-electron chi connectivity index (χ0n) is 10.3. The van der Waals surface area contributed by atoms with Crippen molar-refractivity contribution in [2.24, 2.45) is 0 Å². The predicted molar refractivity (Wildman–Crippen MR) is 71.6 cm³/mol. The van der Waals surface area contributed by atoms with Crippen LogP contribution in [0.15, 0.2) is 48.5 Å². The van der Waals surface area contributed by atoms with E-state index in [4.69, 9.17) is 0 Å². The minimum absolute atomic E-state index is 0.363. The van der Waals surface area contributed by atoms with Gasteiger partial charge < -0.3 is 0 Å². The van der Waals surface area contributed by atoms with Crippen LogP contribution in [0, 0.1) is 35.3 Å². The maximum atomic E-state index is 12.7.